The van der Waals surface area contributed by atoms with E-state index in [-0.39, 0.29) is 0 Å². The van der Waals surface area contributed by atoms with Crippen molar-refractivity contribution in [3.05, 3.63) is 81.3 Å². The summed E-state index contributed by atoms with van der Waals surface area (Å²) in [5, 5.41) is 0. The second-order valence-electron chi connectivity index (χ2n) is 5.85. The van der Waals surface area contributed by atoms with Gasteiger partial charge in [0.1, 0.15) is 0 Å². The highest BCUT2D eigenvalue weighted by atomic mass is 14.3. The minimum atomic E-state index is 1.37. The summed E-state index contributed by atoms with van der Waals surface area (Å²) in [6.07, 6.45) is 0. The van der Waals surface area contributed by atoms with Gasteiger partial charge in [0.2, 0.25) is 0 Å². The Morgan fingerprint density at radius 1 is 0.600 bits per heavy atom. The van der Waals surface area contributed by atoms with Gasteiger partial charge in [-0.25, -0.2) is 0 Å². The number of hydrogen-bond donors (Lipinski definition) is 0. The molecule has 0 fully saturated rings. The Balaban J connectivity index is 2.28. The highest BCUT2D eigenvalue weighted by molar-refractivity contribution is 5.92. The third kappa shape index (κ3) is 1.75. The van der Waals surface area contributed by atoms with Crippen LogP contribution in [-0.2, 0) is 0 Å². The largest absolute Gasteiger partial charge is 0.0619 e. The molecule has 0 heteroatoms. The molecular formula is C20H21. The van der Waals surface area contributed by atoms with E-state index in [9.17, 15) is 0 Å². The van der Waals surface area contributed by atoms with Crippen LogP contribution in [0.1, 0.15) is 47.2 Å². The average molecular weight is 261 g/mol. The van der Waals surface area contributed by atoms with Crippen LogP contribution >= 0.6 is 0 Å². The summed E-state index contributed by atoms with van der Waals surface area (Å²) in [5.74, 6) is 1.41. The van der Waals surface area contributed by atoms with Gasteiger partial charge in [-0.1, -0.05) is 48.9 Å². The van der Waals surface area contributed by atoms with E-state index >= 15 is 0 Å². The molecular weight excluding hydrogens is 240 g/mol. The lowest BCUT2D eigenvalue weighted by atomic mass is 9.90. The first kappa shape index (κ1) is 13.2. The van der Waals surface area contributed by atoms with Gasteiger partial charge in [0, 0.05) is 5.92 Å². The summed E-state index contributed by atoms with van der Waals surface area (Å²) in [4.78, 5) is 0. The van der Waals surface area contributed by atoms with Crippen LogP contribution in [0.2, 0.25) is 0 Å². The zero-order valence-corrected chi connectivity index (χ0v) is 13.0. The first-order chi connectivity index (χ1) is 9.52. The minimum absolute atomic E-state index is 1.37. The summed E-state index contributed by atoms with van der Waals surface area (Å²) >= 11 is 0. The zero-order chi connectivity index (χ0) is 14.4. The maximum absolute atomic E-state index is 2.28. The SMILES string of the molecule is C[C]1C(C)=C(c2ccc(C)c(C)c2C)c2ccccc21. The van der Waals surface area contributed by atoms with E-state index in [1.807, 2.05) is 0 Å². The Bertz CT molecular complexity index is 717. The Morgan fingerprint density at radius 3 is 1.95 bits per heavy atom. The van der Waals surface area contributed by atoms with E-state index in [0.29, 0.717) is 0 Å². The van der Waals surface area contributed by atoms with Crippen molar-refractivity contribution in [2.45, 2.75) is 34.6 Å². The van der Waals surface area contributed by atoms with Crippen molar-refractivity contribution < 1.29 is 0 Å². The van der Waals surface area contributed by atoms with Crippen LogP contribution in [0.15, 0.2) is 42.0 Å². The molecule has 0 atom stereocenters. The van der Waals surface area contributed by atoms with Crippen molar-refractivity contribution in [1.82, 2.24) is 0 Å². The molecule has 0 saturated carbocycles. The number of allylic oxidation sites excluding steroid dienone is 1. The molecule has 0 aromatic heterocycles. The van der Waals surface area contributed by atoms with Crippen LogP contribution in [0, 0.1) is 26.7 Å². The van der Waals surface area contributed by atoms with Crippen LogP contribution < -0.4 is 0 Å². The van der Waals surface area contributed by atoms with Crippen LogP contribution in [-0.4, -0.2) is 0 Å². The van der Waals surface area contributed by atoms with Crippen LogP contribution in [0.3, 0.4) is 0 Å². The van der Waals surface area contributed by atoms with Gasteiger partial charge in [-0.15, -0.1) is 0 Å². The van der Waals surface area contributed by atoms with Crippen molar-refractivity contribution in [3.8, 4) is 0 Å². The number of fused-ring (bicyclic) bond motifs is 1. The van der Waals surface area contributed by atoms with Crippen molar-refractivity contribution in [2.75, 3.05) is 0 Å². The number of hydrogen-bond acceptors (Lipinski definition) is 0. The van der Waals surface area contributed by atoms with Crippen LogP contribution in [0.4, 0.5) is 0 Å². The maximum Gasteiger partial charge on any atom is 0.0278 e. The molecule has 20 heavy (non-hydrogen) atoms. The lowest BCUT2D eigenvalue weighted by molar-refractivity contribution is 1.19. The van der Waals surface area contributed by atoms with Crippen molar-refractivity contribution in [3.63, 3.8) is 0 Å². The molecule has 2 aromatic rings. The molecule has 0 unspecified atom stereocenters. The second-order valence-corrected chi connectivity index (χ2v) is 5.85. The quantitative estimate of drug-likeness (QED) is 0.645. The van der Waals surface area contributed by atoms with E-state index in [1.165, 1.54) is 50.4 Å². The highest BCUT2D eigenvalue weighted by Crippen LogP contribution is 2.44. The Hall–Kier alpha value is -1.82. The van der Waals surface area contributed by atoms with E-state index in [4.69, 9.17) is 0 Å². The standard InChI is InChI=1S/C20H21/c1-12-10-11-18(14(3)13(12)2)20-16(5)15(4)17-8-6-7-9-19(17)20/h6-11H,1-5H3. The smallest absolute Gasteiger partial charge is 0.0278 e. The first-order valence-corrected chi connectivity index (χ1v) is 7.24. The molecule has 0 nitrogen and oxygen atoms in total. The Labute approximate surface area is 122 Å². The molecule has 3 rings (SSSR count). The van der Waals surface area contributed by atoms with E-state index in [2.05, 4.69) is 71.0 Å². The van der Waals surface area contributed by atoms with Gasteiger partial charge in [-0.2, -0.15) is 0 Å². The number of aryl methyl sites for hydroxylation is 1. The monoisotopic (exact) mass is 261 g/mol. The lowest BCUT2D eigenvalue weighted by Gasteiger charge is -2.14. The Morgan fingerprint density at radius 2 is 1.25 bits per heavy atom. The average Bonchev–Trinajstić information content (AvgIpc) is 2.70. The van der Waals surface area contributed by atoms with Crippen molar-refractivity contribution in [2.24, 2.45) is 0 Å². The molecule has 0 N–H and O–H groups in total. The molecule has 0 aliphatic heterocycles. The zero-order valence-electron chi connectivity index (χ0n) is 13.0. The van der Waals surface area contributed by atoms with Gasteiger partial charge in [-0.3, -0.25) is 0 Å². The van der Waals surface area contributed by atoms with Gasteiger partial charge < -0.3 is 0 Å². The minimum Gasteiger partial charge on any atom is -0.0619 e. The molecule has 1 aliphatic carbocycles. The summed E-state index contributed by atoms with van der Waals surface area (Å²) in [5.41, 5.74) is 11.2. The fraction of sp³-hybridized carbons (Fsp3) is 0.250. The summed E-state index contributed by atoms with van der Waals surface area (Å²) < 4.78 is 0. The van der Waals surface area contributed by atoms with Gasteiger partial charge in [0.05, 0.1) is 0 Å². The van der Waals surface area contributed by atoms with E-state index < -0.39 is 0 Å². The summed E-state index contributed by atoms with van der Waals surface area (Å²) in [7, 11) is 0. The molecule has 0 bridgehead atoms. The molecule has 1 radical (unpaired) electrons. The lowest BCUT2D eigenvalue weighted by Crippen LogP contribution is -1.96. The molecule has 101 valence electrons. The van der Waals surface area contributed by atoms with Crippen LogP contribution in [0.5, 0.6) is 0 Å². The van der Waals surface area contributed by atoms with E-state index in [0.717, 1.165) is 0 Å². The summed E-state index contributed by atoms with van der Waals surface area (Å²) in [6, 6.07) is 13.3. The molecule has 0 amide bonds. The molecule has 0 heterocycles. The third-order valence-electron chi connectivity index (χ3n) is 4.87. The Kier molecular flexibility index (Phi) is 3.05. The van der Waals surface area contributed by atoms with Crippen molar-refractivity contribution in [1.29, 1.82) is 0 Å². The number of rotatable bonds is 1. The normalized spacial score (nSPS) is 14.8. The van der Waals surface area contributed by atoms with Crippen molar-refractivity contribution >= 4 is 5.57 Å². The highest BCUT2D eigenvalue weighted by Gasteiger charge is 2.27. The predicted molar refractivity (Wildman–Crippen MR) is 86.8 cm³/mol. The summed E-state index contributed by atoms with van der Waals surface area (Å²) in [6.45, 7) is 11.1. The van der Waals surface area contributed by atoms with E-state index in [1.54, 1.807) is 0 Å². The van der Waals surface area contributed by atoms with Crippen LogP contribution in [0.25, 0.3) is 5.57 Å². The maximum atomic E-state index is 2.28. The first-order valence-electron chi connectivity index (χ1n) is 7.24. The molecule has 0 saturated heterocycles. The van der Waals surface area contributed by atoms with Gasteiger partial charge in [0.15, 0.2) is 0 Å². The molecule has 1 aliphatic rings. The third-order valence-corrected chi connectivity index (χ3v) is 4.87. The topological polar surface area (TPSA) is 0 Å². The fourth-order valence-corrected chi connectivity index (χ4v) is 3.19. The second kappa shape index (κ2) is 4.63. The molecule has 2 aromatic carbocycles. The predicted octanol–water partition coefficient (Wildman–Crippen LogP) is 5.39. The molecule has 0 spiro atoms. The number of benzene rings is 2. The van der Waals surface area contributed by atoms with Gasteiger partial charge in [-0.05, 0) is 66.6 Å². The van der Waals surface area contributed by atoms with Gasteiger partial charge in [0.25, 0.3) is 0 Å². The fourth-order valence-electron chi connectivity index (χ4n) is 3.19. The van der Waals surface area contributed by atoms with Gasteiger partial charge >= 0.3 is 0 Å².